The van der Waals surface area contributed by atoms with Gasteiger partial charge in [-0.2, -0.15) is 0 Å². The predicted octanol–water partition coefficient (Wildman–Crippen LogP) is 1.54. The number of nitrogens with one attached hydrogen (secondary N) is 1. The molecule has 0 aliphatic carbocycles. The summed E-state index contributed by atoms with van der Waals surface area (Å²) in [6.45, 7) is 0.977. The molecule has 0 atom stereocenters. The summed E-state index contributed by atoms with van der Waals surface area (Å²) in [7, 11) is -2.93. The standard InChI is InChI=1S/C17H19N3O4S/c21-17(13-20-8-10-25(22,23)11-9-20)19-14-3-5-15(6-4-14)24-16-2-1-7-18-12-16/h1-7,12H,8-11,13H2,(H,19,21). The highest BCUT2D eigenvalue weighted by molar-refractivity contribution is 7.91. The van der Waals surface area contributed by atoms with Gasteiger partial charge in [-0.25, -0.2) is 8.42 Å². The summed E-state index contributed by atoms with van der Waals surface area (Å²) in [6.07, 6.45) is 3.29. The average molecular weight is 361 g/mol. The monoisotopic (exact) mass is 361 g/mol. The third-order valence-electron chi connectivity index (χ3n) is 3.81. The number of pyridine rings is 1. The Morgan fingerprint density at radius 3 is 2.48 bits per heavy atom. The quantitative estimate of drug-likeness (QED) is 0.869. The van der Waals surface area contributed by atoms with Crippen LogP contribution in [0.15, 0.2) is 48.8 Å². The van der Waals surface area contributed by atoms with Crippen LogP contribution in [0.2, 0.25) is 0 Å². The lowest BCUT2D eigenvalue weighted by molar-refractivity contribution is -0.117. The molecule has 1 N–H and O–H groups in total. The minimum Gasteiger partial charge on any atom is -0.456 e. The first kappa shape index (κ1) is 17.4. The first-order valence-electron chi connectivity index (χ1n) is 7.91. The van der Waals surface area contributed by atoms with Crippen molar-refractivity contribution in [3.05, 3.63) is 48.8 Å². The maximum absolute atomic E-state index is 12.1. The number of aromatic nitrogens is 1. The third-order valence-corrected chi connectivity index (χ3v) is 5.42. The van der Waals surface area contributed by atoms with Crippen LogP contribution in [0.1, 0.15) is 0 Å². The van der Waals surface area contributed by atoms with E-state index in [1.54, 1.807) is 42.7 Å². The van der Waals surface area contributed by atoms with Gasteiger partial charge in [0.15, 0.2) is 9.84 Å². The number of carbonyl (C=O) groups is 1. The van der Waals surface area contributed by atoms with Crippen LogP contribution in [0.5, 0.6) is 11.5 Å². The molecule has 0 radical (unpaired) electrons. The molecule has 2 heterocycles. The number of amides is 1. The Kier molecular flexibility index (Phi) is 5.30. The van der Waals surface area contributed by atoms with Gasteiger partial charge in [-0.15, -0.1) is 0 Å². The molecule has 2 aromatic rings. The highest BCUT2D eigenvalue weighted by Gasteiger charge is 2.22. The number of rotatable bonds is 5. The summed E-state index contributed by atoms with van der Waals surface area (Å²) in [6, 6.07) is 10.6. The van der Waals surface area contributed by atoms with E-state index in [0.717, 1.165) is 0 Å². The molecular formula is C17H19N3O4S. The first-order chi connectivity index (χ1) is 12.0. The van der Waals surface area contributed by atoms with E-state index in [2.05, 4.69) is 10.3 Å². The molecule has 0 bridgehead atoms. The number of carbonyl (C=O) groups excluding carboxylic acids is 1. The Balaban J connectivity index is 1.50. The van der Waals surface area contributed by atoms with Crippen molar-refractivity contribution < 1.29 is 17.9 Å². The number of nitrogens with zero attached hydrogens (tertiary/aromatic N) is 2. The molecule has 0 unspecified atom stereocenters. The smallest absolute Gasteiger partial charge is 0.238 e. The van der Waals surface area contributed by atoms with E-state index >= 15 is 0 Å². The van der Waals surface area contributed by atoms with Crippen molar-refractivity contribution in [3.8, 4) is 11.5 Å². The summed E-state index contributed by atoms with van der Waals surface area (Å²) in [5.41, 5.74) is 0.660. The van der Waals surface area contributed by atoms with E-state index in [0.29, 0.717) is 30.3 Å². The van der Waals surface area contributed by atoms with Gasteiger partial charge in [-0.3, -0.25) is 14.7 Å². The van der Waals surface area contributed by atoms with Crippen LogP contribution in [0.25, 0.3) is 0 Å². The number of anilines is 1. The highest BCUT2D eigenvalue weighted by Crippen LogP contribution is 2.22. The average Bonchev–Trinajstić information content (AvgIpc) is 2.59. The van der Waals surface area contributed by atoms with E-state index < -0.39 is 9.84 Å². The van der Waals surface area contributed by atoms with Crippen molar-refractivity contribution in [3.63, 3.8) is 0 Å². The van der Waals surface area contributed by atoms with Crippen molar-refractivity contribution in [1.82, 2.24) is 9.88 Å². The molecule has 132 valence electrons. The molecule has 7 nitrogen and oxygen atoms in total. The normalized spacial score (nSPS) is 17.0. The fraction of sp³-hybridized carbons (Fsp3) is 0.294. The Morgan fingerprint density at radius 1 is 1.12 bits per heavy atom. The second-order valence-corrected chi connectivity index (χ2v) is 8.09. The van der Waals surface area contributed by atoms with Crippen LogP contribution < -0.4 is 10.1 Å². The van der Waals surface area contributed by atoms with E-state index in [-0.39, 0.29) is 24.0 Å². The van der Waals surface area contributed by atoms with Crippen LogP contribution in [0.3, 0.4) is 0 Å². The van der Waals surface area contributed by atoms with Gasteiger partial charge in [-0.05, 0) is 36.4 Å². The highest BCUT2D eigenvalue weighted by atomic mass is 32.2. The molecule has 1 aromatic heterocycles. The topological polar surface area (TPSA) is 88.6 Å². The first-order valence-corrected chi connectivity index (χ1v) is 9.73. The van der Waals surface area contributed by atoms with Crippen LogP contribution in [0, 0.1) is 0 Å². The van der Waals surface area contributed by atoms with E-state index in [4.69, 9.17) is 4.74 Å². The van der Waals surface area contributed by atoms with Crippen LogP contribution in [0.4, 0.5) is 5.69 Å². The van der Waals surface area contributed by atoms with Gasteiger partial charge in [0.05, 0.1) is 24.2 Å². The molecule has 3 rings (SSSR count). The lowest BCUT2D eigenvalue weighted by atomic mass is 10.3. The van der Waals surface area contributed by atoms with Crippen LogP contribution in [-0.4, -0.2) is 55.3 Å². The van der Waals surface area contributed by atoms with E-state index in [9.17, 15) is 13.2 Å². The molecule has 0 spiro atoms. The largest absolute Gasteiger partial charge is 0.456 e. The summed E-state index contributed by atoms with van der Waals surface area (Å²) in [5, 5.41) is 2.80. The number of benzene rings is 1. The van der Waals surface area contributed by atoms with Crippen molar-refractivity contribution in [1.29, 1.82) is 0 Å². The number of hydrogen-bond donors (Lipinski definition) is 1. The van der Waals surface area contributed by atoms with Gasteiger partial charge < -0.3 is 10.1 Å². The van der Waals surface area contributed by atoms with E-state index in [1.807, 2.05) is 11.0 Å². The molecular weight excluding hydrogens is 342 g/mol. The number of hydrogen-bond acceptors (Lipinski definition) is 6. The molecule has 1 aromatic carbocycles. The Hall–Kier alpha value is -2.45. The summed E-state index contributed by atoms with van der Waals surface area (Å²) >= 11 is 0. The lowest BCUT2D eigenvalue weighted by Gasteiger charge is -2.25. The SMILES string of the molecule is O=C(CN1CCS(=O)(=O)CC1)Nc1ccc(Oc2cccnc2)cc1. The minimum atomic E-state index is -2.93. The lowest BCUT2D eigenvalue weighted by Crippen LogP contribution is -2.43. The number of ether oxygens (including phenoxy) is 1. The van der Waals surface area contributed by atoms with Gasteiger partial charge in [-0.1, -0.05) is 0 Å². The molecule has 1 aliphatic rings. The molecule has 1 saturated heterocycles. The summed E-state index contributed by atoms with van der Waals surface area (Å²) < 4.78 is 28.4. The van der Waals surface area contributed by atoms with Crippen molar-refractivity contribution in [2.45, 2.75) is 0 Å². The fourth-order valence-corrected chi connectivity index (χ4v) is 3.74. The minimum absolute atomic E-state index is 0.112. The van der Waals surface area contributed by atoms with Crippen molar-refractivity contribution in [2.75, 3.05) is 36.5 Å². The summed E-state index contributed by atoms with van der Waals surface area (Å²) in [5.74, 6) is 1.34. The molecule has 0 saturated carbocycles. The van der Waals surface area contributed by atoms with Gasteiger partial charge in [0.1, 0.15) is 11.5 Å². The zero-order chi connectivity index (χ0) is 17.7. The molecule has 1 aliphatic heterocycles. The fourth-order valence-electron chi connectivity index (χ4n) is 2.46. The zero-order valence-electron chi connectivity index (χ0n) is 13.6. The number of sulfone groups is 1. The van der Waals surface area contributed by atoms with Gasteiger partial charge >= 0.3 is 0 Å². The Labute approximate surface area is 146 Å². The Bertz CT molecular complexity index is 809. The maximum Gasteiger partial charge on any atom is 0.238 e. The predicted molar refractivity (Wildman–Crippen MR) is 94.5 cm³/mol. The third kappa shape index (κ3) is 5.27. The van der Waals surface area contributed by atoms with Gasteiger partial charge in [0.2, 0.25) is 5.91 Å². The molecule has 1 fully saturated rings. The van der Waals surface area contributed by atoms with Crippen molar-refractivity contribution >= 4 is 21.4 Å². The Morgan fingerprint density at radius 2 is 1.84 bits per heavy atom. The van der Waals surface area contributed by atoms with Crippen LogP contribution in [-0.2, 0) is 14.6 Å². The molecule has 25 heavy (non-hydrogen) atoms. The maximum atomic E-state index is 12.1. The molecule has 8 heteroatoms. The van der Waals surface area contributed by atoms with Gasteiger partial charge in [0.25, 0.3) is 0 Å². The second kappa shape index (κ2) is 7.62. The zero-order valence-corrected chi connectivity index (χ0v) is 14.4. The van der Waals surface area contributed by atoms with Crippen molar-refractivity contribution in [2.24, 2.45) is 0 Å². The second-order valence-electron chi connectivity index (χ2n) is 5.79. The van der Waals surface area contributed by atoms with Gasteiger partial charge in [0, 0.05) is 25.0 Å². The van der Waals surface area contributed by atoms with Crippen LogP contribution >= 0.6 is 0 Å². The molecule has 1 amide bonds. The van der Waals surface area contributed by atoms with E-state index in [1.165, 1.54) is 0 Å². The summed E-state index contributed by atoms with van der Waals surface area (Å²) in [4.78, 5) is 17.9.